The molecule has 1 saturated carbocycles. The fourth-order valence-electron chi connectivity index (χ4n) is 4.33. The van der Waals surface area contributed by atoms with Crippen molar-refractivity contribution in [2.75, 3.05) is 13.7 Å². The fraction of sp³-hybridized carbons (Fsp3) is 0.375. The van der Waals surface area contributed by atoms with E-state index in [0.717, 1.165) is 31.2 Å². The fourth-order valence-corrected chi connectivity index (χ4v) is 4.33. The van der Waals surface area contributed by atoms with Gasteiger partial charge in [-0.05, 0) is 55.5 Å². The van der Waals surface area contributed by atoms with Crippen LogP contribution in [-0.4, -0.2) is 48.5 Å². The summed E-state index contributed by atoms with van der Waals surface area (Å²) < 4.78 is 10.0. The number of nitrogens with zero attached hydrogens (tertiary/aromatic N) is 1. The second-order valence-corrected chi connectivity index (χ2v) is 7.94. The topological polar surface area (TPSA) is 84.9 Å². The van der Waals surface area contributed by atoms with Crippen molar-refractivity contribution in [1.29, 1.82) is 0 Å². The van der Waals surface area contributed by atoms with Crippen LogP contribution in [0.2, 0.25) is 0 Å². The molecular weight excluding hydrogens is 396 g/mol. The summed E-state index contributed by atoms with van der Waals surface area (Å²) in [6, 6.07) is 14.7. The average Bonchev–Trinajstić information content (AvgIpc) is 3.06. The summed E-state index contributed by atoms with van der Waals surface area (Å²) in [4.78, 5) is 38.3. The zero-order valence-electron chi connectivity index (χ0n) is 17.5. The van der Waals surface area contributed by atoms with E-state index in [2.05, 4.69) is 10.1 Å². The Hall–Kier alpha value is -3.19. The highest BCUT2D eigenvalue weighted by Crippen LogP contribution is 2.31. The van der Waals surface area contributed by atoms with Gasteiger partial charge in [0.2, 0.25) is 0 Å². The van der Waals surface area contributed by atoms with Crippen molar-refractivity contribution in [3.05, 3.63) is 65.2 Å². The predicted octanol–water partition coefficient (Wildman–Crippen LogP) is 2.94. The van der Waals surface area contributed by atoms with Crippen LogP contribution in [-0.2, 0) is 16.1 Å². The molecule has 2 aliphatic rings. The number of fused-ring (bicyclic) bond motifs is 1. The van der Waals surface area contributed by atoms with Crippen molar-refractivity contribution in [1.82, 2.24) is 10.2 Å². The molecule has 2 amide bonds. The zero-order valence-corrected chi connectivity index (χ0v) is 17.5. The van der Waals surface area contributed by atoms with Gasteiger partial charge in [0.25, 0.3) is 11.8 Å². The van der Waals surface area contributed by atoms with Crippen LogP contribution < -0.4 is 10.1 Å². The second-order valence-electron chi connectivity index (χ2n) is 7.94. The van der Waals surface area contributed by atoms with Crippen molar-refractivity contribution in [3.63, 3.8) is 0 Å². The first-order valence-corrected chi connectivity index (χ1v) is 10.6. The van der Waals surface area contributed by atoms with Crippen molar-refractivity contribution >= 4 is 17.8 Å². The van der Waals surface area contributed by atoms with Gasteiger partial charge < -0.3 is 14.8 Å². The first kappa shape index (κ1) is 21.1. The summed E-state index contributed by atoms with van der Waals surface area (Å²) in [6.45, 7) is 0.507. The van der Waals surface area contributed by atoms with Gasteiger partial charge in [-0.1, -0.05) is 24.3 Å². The van der Waals surface area contributed by atoms with Crippen molar-refractivity contribution in [3.8, 4) is 5.75 Å². The lowest BCUT2D eigenvalue weighted by atomic mass is 9.89. The Labute approximate surface area is 181 Å². The van der Waals surface area contributed by atoms with Gasteiger partial charge in [-0.2, -0.15) is 0 Å². The number of amides is 2. The molecule has 2 aromatic carbocycles. The smallest absolute Gasteiger partial charge is 0.343 e. The van der Waals surface area contributed by atoms with E-state index >= 15 is 0 Å². The van der Waals surface area contributed by atoms with Crippen molar-refractivity contribution < 1.29 is 23.9 Å². The molecule has 7 heteroatoms. The summed E-state index contributed by atoms with van der Waals surface area (Å²) in [5, 5.41) is 3.55. The van der Waals surface area contributed by atoms with Gasteiger partial charge >= 0.3 is 5.97 Å². The van der Waals surface area contributed by atoms with Gasteiger partial charge in [0, 0.05) is 18.6 Å². The van der Waals surface area contributed by atoms with Gasteiger partial charge in [0.05, 0.1) is 18.2 Å². The molecule has 1 heterocycles. The minimum Gasteiger partial charge on any atom is -0.482 e. The summed E-state index contributed by atoms with van der Waals surface area (Å²) >= 11 is 0. The molecule has 1 aliphatic carbocycles. The molecule has 2 unspecified atom stereocenters. The Balaban J connectivity index is 1.35. The minimum absolute atomic E-state index is 0.0895. The number of carbonyl (C=O) groups excluding carboxylic acids is 3. The number of nitrogens with one attached hydrogen (secondary N) is 1. The highest BCUT2D eigenvalue weighted by Gasteiger charge is 2.41. The molecule has 31 heavy (non-hydrogen) atoms. The summed E-state index contributed by atoms with van der Waals surface area (Å²) in [5.74, 6) is -0.175. The molecule has 2 aromatic rings. The van der Waals surface area contributed by atoms with E-state index in [1.807, 2.05) is 18.2 Å². The van der Waals surface area contributed by atoms with Gasteiger partial charge in [0.15, 0.2) is 6.61 Å². The Morgan fingerprint density at radius 2 is 1.81 bits per heavy atom. The molecule has 1 fully saturated rings. The van der Waals surface area contributed by atoms with E-state index in [1.54, 1.807) is 30.3 Å². The van der Waals surface area contributed by atoms with Crippen molar-refractivity contribution in [2.45, 2.75) is 44.3 Å². The van der Waals surface area contributed by atoms with E-state index in [-0.39, 0.29) is 30.5 Å². The van der Waals surface area contributed by atoms with Crippen LogP contribution in [0.3, 0.4) is 0 Å². The number of rotatable bonds is 7. The molecule has 7 nitrogen and oxygen atoms in total. The van der Waals surface area contributed by atoms with Gasteiger partial charge in [-0.3, -0.25) is 14.5 Å². The maximum atomic E-state index is 12.8. The Bertz CT molecular complexity index is 954. The van der Waals surface area contributed by atoms with Gasteiger partial charge in [-0.25, -0.2) is 4.79 Å². The number of hydrogen-bond donors (Lipinski definition) is 1. The van der Waals surface area contributed by atoms with E-state index < -0.39 is 5.97 Å². The van der Waals surface area contributed by atoms with E-state index in [9.17, 15) is 14.4 Å². The third-order valence-electron chi connectivity index (χ3n) is 5.91. The molecule has 1 aliphatic heterocycles. The molecule has 0 aromatic heterocycles. The molecular formula is C24H26N2O5. The Kier molecular flexibility index (Phi) is 6.32. The second kappa shape index (κ2) is 9.31. The highest BCUT2D eigenvalue weighted by atomic mass is 16.6. The van der Waals surface area contributed by atoms with Crippen LogP contribution in [0, 0.1) is 0 Å². The summed E-state index contributed by atoms with van der Waals surface area (Å²) in [6.07, 6.45) is 3.53. The molecule has 2 atom stereocenters. The molecule has 1 N–H and O–H groups in total. The maximum absolute atomic E-state index is 12.8. The average molecular weight is 422 g/mol. The van der Waals surface area contributed by atoms with Crippen LogP contribution in [0.15, 0.2) is 48.5 Å². The molecule has 0 radical (unpaired) electrons. The van der Waals surface area contributed by atoms with Crippen LogP contribution in [0.5, 0.6) is 5.75 Å². The number of methoxy groups -OCH3 is 1. The lowest BCUT2D eigenvalue weighted by molar-refractivity contribution is -0.142. The molecule has 0 spiro atoms. The Morgan fingerprint density at radius 3 is 2.52 bits per heavy atom. The van der Waals surface area contributed by atoms with Crippen LogP contribution >= 0.6 is 0 Å². The molecule has 0 saturated heterocycles. The minimum atomic E-state index is -0.426. The van der Waals surface area contributed by atoms with Crippen LogP contribution in [0.4, 0.5) is 0 Å². The van der Waals surface area contributed by atoms with Crippen LogP contribution in [0.1, 0.15) is 52.0 Å². The number of hydrogen-bond acceptors (Lipinski definition) is 6. The standard InChI is InChI=1S/C24H26N2O5/c1-30-22(27)15-31-19-9-4-6-16(12-19)14-25-17-7-5-8-18(13-17)26-23(28)20-10-2-3-11-21(20)24(26)29/h2-4,6,9-12,17-18,25H,5,7-8,13-15H2,1H3. The van der Waals surface area contributed by atoms with Gasteiger partial charge in [0.1, 0.15) is 5.75 Å². The van der Waals surface area contributed by atoms with Crippen molar-refractivity contribution in [2.24, 2.45) is 0 Å². The number of benzene rings is 2. The summed E-state index contributed by atoms with van der Waals surface area (Å²) in [5.41, 5.74) is 2.04. The van der Waals surface area contributed by atoms with E-state index in [0.29, 0.717) is 23.4 Å². The SMILES string of the molecule is COC(=O)COc1cccc(CNC2CCCC(N3C(=O)c4ccccc4C3=O)C2)c1. The lowest BCUT2D eigenvalue weighted by Crippen LogP contribution is -2.46. The van der Waals surface area contributed by atoms with E-state index in [4.69, 9.17) is 4.74 Å². The quantitative estimate of drug-likeness (QED) is 0.546. The third kappa shape index (κ3) is 4.61. The van der Waals surface area contributed by atoms with E-state index in [1.165, 1.54) is 12.0 Å². The van der Waals surface area contributed by atoms with Gasteiger partial charge in [-0.15, -0.1) is 0 Å². The normalized spacial score (nSPS) is 20.5. The maximum Gasteiger partial charge on any atom is 0.343 e. The lowest BCUT2D eigenvalue weighted by Gasteiger charge is -2.34. The third-order valence-corrected chi connectivity index (χ3v) is 5.91. The molecule has 4 rings (SSSR count). The number of esters is 1. The molecule has 162 valence electrons. The zero-order chi connectivity index (χ0) is 21.8. The number of imide groups is 1. The van der Waals surface area contributed by atoms with Crippen LogP contribution in [0.25, 0.3) is 0 Å². The first-order valence-electron chi connectivity index (χ1n) is 10.6. The predicted molar refractivity (Wildman–Crippen MR) is 114 cm³/mol. The monoisotopic (exact) mass is 422 g/mol. The summed E-state index contributed by atoms with van der Waals surface area (Å²) in [7, 11) is 1.32. The molecule has 0 bridgehead atoms. The largest absolute Gasteiger partial charge is 0.482 e. The first-order chi connectivity index (χ1) is 15.1. The highest BCUT2D eigenvalue weighted by molar-refractivity contribution is 6.21. The Morgan fingerprint density at radius 1 is 1.06 bits per heavy atom. The number of carbonyl (C=O) groups is 3. The number of ether oxygens (including phenoxy) is 2.